The molecule has 4 rings (SSSR count). The number of benzene rings is 2. The van der Waals surface area contributed by atoms with Crippen LogP contribution in [0.3, 0.4) is 0 Å². The number of amides is 2. The molecule has 1 unspecified atom stereocenters. The van der Waals surface area contributed by atoms with Crippen LogP contribution in [0.15, 0.2) is 59.7 Å². The van der Waals surface area contributed by atoms with E-state index in [4.69, 9.17) is 22.4 Å². The Morgan fingerprint density at radius 3 is 2.37 bits per heavy atom. The van der Waals surface area contributed by atoms with Crippen molar-refractivity contribution in [2.45, 2.75) is 25.3 Å². The Morgan fingerprint density at radius 1 is 1.03 bits per heavy atom. The van der Waals surface area contributed by atoms with E-state index in [1.807, 2.05) is 54.6 Å². The molecule has 0 radical (unpaired) electrons. The minimum atomic E-state index is -0.251. The topological polar surface area (TPSA) is 79.0 Å². The number of rotatable bonds is 5. The quantitative estimate of drug-likeness (QED) is 0.800. The monoisotopic (exact) mass is 424 g/mol. The van der Waals surface area contributed by atoms with E-state index >= 15 is 0 Å². The summed E-state index contributed by atoms with van der Waals surface area (Å²) < 4.78 is 0. The average Bonchev–Trinajstić information content (AvgIpc) is 3.20. The van der Waals surface area contributed by atoms with Gasteiger partial charge in [-0.05, 0) is 37.6 Å². The van der Waals surface area contributed by atoms with Gasteiger partial charge in [0.25, 0.3) is 5.91 Å². The molecule has 30 heavy (non-hydrogen) atoms. The molecule has 0 spiro atoms. The SMILES string of the molecule is NC(=O)C1CCN(CC(=O)N2N=C(c3ccccc3Cl)CC2c2ccccc2)CC1. The molecule has 6 nitrogen and oxygen atoms in total. The largest absolute Gasteiger partial charge is 0.369 e. The van der Waals surface area contributed by atoms with E-state index in [1.54, 1.807) is 5.01 Å². The zero-order valence-electron chi connectivity index (χ0n) is 16.7. The number of hydrogen-bond acceptors (Lipinski definition) is 4. The van der Waals surface area contributed by atoms with Crippen molar-refractivity contribution < 1.29 is 9.59 Å². The van der Waals surface area contributed by atoms with E-state index in [9.17, 15) is 9.59 Å². The molecule has 0 saturated carbocycles. The van der Waals surface area contributed by atoms with Crippen LogP contribution < -0.4 is 5.73 Å². The van der Waals surface area contributed by atoms with E-state index in [0.29, 0.717) is 37.4 Å². The lowest BCUT2D eigenvalue weighted by Crippen LogP contribution is -2.43. The Hall–Kier alpha value is -2.70. The molecule has 1 fully saturated rings. The zero-order valence-corrected chi connectivity index (χ0v) is 17.5. The first-order chi connectivity index (χ1) is 14.5. The molecule has 0 bridgehead atoms. The van der Waals surface area contributed by atoms with Gasteiger partial charge in [-0.1, -0.05) is 60.1 Å². The van der Waals surface area contributed by atoms with Gasteiger partial charge in [0, 0.05) is 22.9 Å². The Kier molecular flexibility index (Phi) is 6.16. The first kappa shape index (κ1) is 20.6. The number of hydrazone groups is 1. The molecule has 2 heterocycles. The number of piperidine rings is 1. The van der Waals surface area contributed by atoms with Crippen molar-refractivity contribution >= 4 is 29.1 Å². The lowest BCUT2D eigenvalue weighted by molar-refractivity contribution is -0.134. The Balaban J connectivity index is 1.54. The fourth-order valence-corrected chi connectivity index (χ4v) is 4.42. The molecule has 2 aromatic rings. The predicted octanol–water partition coefficient (Wildman–Crippen LogP) is 3.22. The third-order valence-corrected chi connectivity index (χ3v) is 6.21. The second-order valence-electron chi connectivity index (χ2n) is 7.85. The molecule has 2 amide bonds. The third-order valence-electron chi connectivity index (χ3n) is 5.88. The summed E-state index contributed by atoms with van der Waals surface area (Å²) in [5.74, 6) is -0.396. The second-order valence-corrected chi connectivity index (χ2v) is 8.26. The highest BCUT2D eigenvalue weighted by molar-refractivity contribution is 6.34. The van der Waals surface area contributed by atoms with Crippen LogP contribution in [0.25, 0.3) is 0 Å². The number of carbonyl (C=O) groups excluding carboxylic acids is 2. The molecule has 0 aromatic heterocycles. The van der Waals surface area contributed by atoms with Gasteiger partial charge in [-0.2, -0.15) is 5.10 Å². The summed E-state index contributed by atoms with van der Waals surface area (Å²) in [6.07, 6.45) is 2.00. The Morgan fingerprint density at radius 2 is 1.70 bits per heavy atom. The number of halogens is 1. The molecule has 1 atom stereocenters. The van der Waals surface area contributed by atoms with Gasteiger partial charge < -0.3 is 5.73 Å². The highest BCUT2D eigenvalue weighted by atomic mass is 35.5. The van der Waals surface area contributed by atoms with Crippen molar-refractivity contribution in [3.8, 4) is 0 Å². The van der Waals surface area contributed by atoms with Gasteiger partial charge in [0.1, 0.15) is 0 Å². The molecule has 2 aliphatic rings. The summed E-state index contributed by atoms with van der Waals surface area (Å²) >= 11 is 6.39. The van der Waals surface area contributed by atoms with Gasteiger partial charge in [0.2, 0.25) is 5.91 Å². The molecule has 2 aliphatic heterocycles. The van der Waals surface area contributed by atoms with Crippen LogP contribution in [0.4, 0.5) is 0 Å². The highest BCUT2D eigenvalue weighted by Crippen LogP contribution is 2.34. The van der Waals surface area contributed by atoms with E-state index in [1.165, 1.54) is 0 Å². The normalized spacial score (nSPS) is 20.2. The first-order valence-corrected chi connectivity index (χ1v) is 10.6. The molecular formula is C23H25ClN4O2. The van der Waals surface area contributed by atoms with Crippen LogP contribution in [-0.2, 0) is 9.59 Å². The molecule has 2 aromatic carbocycles. The van der Waals surface area contributed by atoms with Crippen molar-refractivity contribution in [2.75, 3.05) is 19.6 Å². The second kappa shape index (κ2) is 8.98. The molecule has 7 heteroatoms. The summed E-state index contributed by atoms with van der Waals surface area (Å²) in [6, 6.07) is 17.4. The smallest absolute Gasteiger partial charge is 0.257 e. The number of nitrogens with two attached hydrogens (primary N) is 1. The van der Waals surface area contributed by atoms with Crippen molar-refractivity contribution in [1.29, 1.82) is 0 Å². The minimum Gasteiger partial charge on any atom is -0.369 e. The predicted molar refractivity (Wildman–Crippen MR) is 117 cm³/mol. The summed E-state index contributed by atoms with van der Waals surface area (Å²) in [5.41, 5.74) is 8.14. The van der Waals surface area contributed by atoms with Gasteiger partial charge in [0.05, 0.1) is 18.3 Å². The summed E-state index contributed by atoms with van der Waals surface area (Å²) in [4.78, 5) is 26.7. The highest BCUT2D eigenvalue weighted by Gasteiger charge is 2.35. The van der Waals surface area contributed by atoms with Crippen molar-refractivity contribution in [1.82, 2.24) is 9.91 Å². The van der Waals surface area contributed by atoms with E-state index in [-0.39, 0.29) is 30.3 Å². The standard InChI is InChI=1S/C23H25ClN4O2/c24-19-9-5-4-8-18(19)20-14-21(16-6-2-1-3-7-16)28(26-20)22(29)15-27-12-10-17(11-13-27)23(25)30/h1-9,17,21H,10-15H2,(H2,25,30). The molecule has 0 aliphatic carbocycles. The van der Waals surface area contributed by atoms with Crippen molar-refractivity contribution in [3.05, 3.63) is 70.7 Å². The maximum Gasteiger partial charge on any atom is 0.257 e. The molecule has 156 valence electrons. The van der Waals surface area contributed by atoms with Gasteiger partial charge >= 0.3 is 0 Å². The van der Waals surface area contributed by atoms with Crippen molar-refractivity contribution in [2.24, 2.45) is 16.8 Å². The van der Waals surface area contributed by atoms with Crippen LogP contribution >= 0.6 is 11.6 Å². The fraction of sp³-hybridized carbons (Fsp3) is 0.348. The van der Waals surface area contributed by atoms with Gasteiger partial charge in [0.15, 0.2) is 0 Å². The average molecular weight is 425 g/mol. The van der Waals surface area contributed by atoms with Gasteiger partial charge in [-0.3, -0.25) is 14.5 Å². The Labute approximate surface area is 181 Å². The Bertz CT molecular complexity index is 955. The van der Waals surface area contributed by atoms with Crippen LogP contribution in [-0.4, -0.2) is 47.1 Å². The van der Waals surface area contributed by atoms with Crippen LogP contribution in [0.2, 0.25) is 5.02 Å². The molecule has 2 N–H and O–H groups in total. The van der Waals surface area contributed by atoms with E-state index < -0.39 is 0 Å². The molecular weight excluding hydrogens is 400 g/mol. The maximum absolute atomic E-state index is 13.2. The number of hydrogen-bond donors (Lipinski definition) is 1. The third kappa shape index (κ3) is 4.40. The summed E-state index contributed by atoms with van der Waals surface area (Å²) in [5, 5.41) is 6.94. The number of nitrogens with zero attached hydrogens (tertiary/aromatic N) is 3. The summed E-state index contributed by atoms with van der Waals surface area (Å²) in [6.45, 7) is 1.64. The first-order valence-electron chi connectivity index (χ1n) is 10.2. The van der Waals surface area contributed by atoms with Crippen LogP contribution in [0.1, 0.15) is 36.4 Å². The number of likely N-dealkylation sites (tertiary alicyclic amines) is 1. The zero-order chi connectivity index (χ0) is 21.1. The number of primary amides is 1. The van der Waals surface area contributed by atoms with Crippen LogP contribution in [0, 0.1) is 5.92 Å². The summed E-state index contributed by atoms with van der Waals surface area (Å²) in [7, 11) is 0. The fourth-order valence-electron chi connectivity index (χ4n) is 4.17. The minimum absolute atomic E-state index is 0.0524. The van der Waals surface area contributed by atoms with E-state index in [0.717, 1.165) is 16.8 Å². The van der Waals surface area contributed by atoms with E-state index in [2.05, 4.69) is 4.90 Å². The van der Waals surface area contributed by atoms with Gasteiger partial charge in [-0.15, -0.1) is 0 Å². The van der Waals surface area contributed by atoms with Crippen molar-refractivity contribution in [3.63, 3.8) is 0 Å². The van der Waals surface area contributed by atoms with Gasteiger partial charge in [-0.25, -0.2) is 5.01 Å². The van der Waals surface area contributed by atoms with Crippen LogP contribution in [0.5, 0.6) is 0 Å². The number of carbonyl (C=O) groups is 2. The lowest BCUT2D eigenvalue weighted by Gasteiger charge is -2.31. The maximum atomic E-state index is 13.2. The molecule has 1 saturated heterocycles. The lowest BCUT2D eigenvalue weighted by atomic mass is 9.96.